The second-order valence-electron chi connectivity index (χ2n) is 4.45. The Morgan fingerprint density at radius 3 is 2.36 bits per heavy atom. The Bertz CT molecular complexity index is 121. The van der Waals surface area contributed by atoms with E-state index in [0.717, 1.165) is 11.8 Å². The summed E-state index contributed by atoms with van der Waals surface area (Å²) in [5.74, 6) is 2.09. The van der Waals surface area contributed by atoms with Crippen LogP contribution in [0.4, 0.5) is 0 Å². The third kappa shape index (κ3) is 1.76. The quantitative estimate of drug-likeness (QED) is 0.587. The van der Waals surface area contributed by atoms with Crippen LogP contribution in [-0.4, -0.2) is 24.5 Å². The molecule has 1 heteroatoms. The van der Waals surface area contributed by atoms with E-state index in [1.54, 1.807) is 0 Å². The van der Waals surface area contributed by atoms with Gasteiger partial charge >= 0.3 is 0 Å². The van der Waals surface area contributed by atoms with Gasteiger partial charge in [-0.2, -0.15) is 0 Å². The lowest BCUT2D eigenvalue weighted by atomic mass is 9.76. The fourth-order valence-electron chi connectivity index (χ4n) is 2.55. The normalized spacial score (nSPS) is 39.0. The molecule has 2 rings (SSSR count). The summed E-state index contributed by atoms with van der Waals surface area (Å²) < 4.78 is 0. The van der Waals surface area contributed by atoms with Gasteiger partial charge in [0.2, 0.25) is 0 Å². The molecule has 64 valence electrons. The molecule has 0 bridgehead atoms. The van der Waals surface area contributed by atoms with Crippen molar-refractivity contribution >= 4 is 0 Å². The first-order valence-corrected chi connectivity index (χ1v) is 5.07. The van der Waals surface area contributed by atoms with Gasteiger partial charge in [0, 0.05) is 6.54 Å². The lowest BCUT2D eigenvalue weighted by Crippen LogP contribution is -2.33. The standard InChI is InChI=1S/C10H19N/c1-9-6-10(7-9)8-11-4-2-3-5-11/h9-10H,2-8H2,1H3. The molecule has 0 aromatic heterocycles. The molecule has 0 spiro atoms. The van der Waals surface area contributed by atoms with Crippen molar-refractivity contribution in [2.24, 2.45) is 11.8 Å². The van der Waals surface area contributed by atoms with E-state index >= 15 is 0 Å². The van der Waals surface area contributed by atoms with E-state index in [-0.39, 0.29) is 0 Å². The number of rotatable bonds is 2. The smallest absolute Gasteiger partial charge is 0.000986 e. The second-order valence-corrected chi connectivity index (χ2v) is 4.45. The molecule has 1 aliphatic carbocycles. The van der Waals surface area contributed by atoms with Gasteiger partial charge in [0.1, 0.15) is 0 Å². The van der Waals surface area contributed by atoms with E-state index in [0.29, 0.717) is 0 Å². The van der Waals surface area contributed by atoms with Crippen LogP contribution < -0.4 is 0 Å². The summed E-state index contributed by atoms with van der Waals surface area (Å²) in [5.41, 5.74) is 0. The Morgan fingerprint density at radius 2 is 1.82 bits per heavy atom. The zero-order valence-electron chi connectivity index (χ0n) is 7.55. The molecule has 0 unspecified atom stereocenters. The number of likely N-dealkylation sites (tertiary alicyclic amines) is 1. The molecule has 1 aliphatic heterocycles. The minimum absolute atomic E-state index is 1.03. The Labute approximate surface area is 69.8 Å². The van der Waals surface area contributed by atoms with Crippen molar-refractivity contribution in [2.75, 3.05) is 19.6 Å². The van der Waals surface area contributed by atoms with Crippen molar-refractivity contribution in [3.8, 4) is 0 Å². The van der Waals surface area contributed by atoms with E-state index in [4.69, 9.17) is 0 Å². The third-order valence-corrected chi connectivity index (χ3v) is 3.19. The zero-order chi connectivity index (χ0) is 7.68. The maximum Gasteiger partial charge on any atom is 0.000986 e. The minimum Gasteiger partial charge on any atom is -0.303 e. The molecule has 0 N–H and O–H groups in total. The highest BCUT2D eigenvalue weighted by molar-refractivity contribution is 4.80. The highest BCUT2D eigenvalue weighted by atomic mass is 15.1. The Hall–Kier alpha value is -0.0400. The number of hydrogen-bond donors (Lipinski definition) is 0. The van der Waals surface area contributed by atoms with Crippen molar-refractivity contribution in [1.29, 1.82) is 0 Å². The summed E-state index contributed by atoms with van der Waals surface area (Å²) in [5, 5.41) is 0. The van der Waals surface area contributed by atoms with Gasteiger partial charge in [-0.05, 0) is 50.6 Å². The Morgan fingerprint density at radius 1 is 1.18 bits per heavy atom. The van der Waals surface area contributed by atoms with Crippen LogP contribution in [0.1, 0.15) is 32.6 Å². The van der Waals surface area contributed by atoms with E-state index in [1.807, 2.05) is 0 Å². The van der Waals surface area contributed by atoms with Gasteiger partial charge in [-0.25, -0.2) is 0 Å². The van der Waals surface area contributed by atoms with Crippen LogP contribution in [0.15, 0.2) is 0 Å². The van der Waals surface area contributed by atoms with E-state index < -0.39 is 0 Å². The summed E-state index contributed by atoms with van der Waals surface area (Å²) in [4.78, 5) is 2.65. The molecule has 0 aromatic carbocycles. The Balaban J connectivity index is 1.66. The van der Waals surface area contributed by atoms with E-state index in [1.165, 1.54) is 45.3 Å². The van der Waals surface area contributed by atoms with Gasteiger partial charge in [0.25, 0.3) is 0 Å². The van der Waals surface area contributed by atoms with Crippen LogP contribution in [0.25, 0.3) is 0 Å². The van der Waals surface area contributed by atoms with Gasteiger partial charge in [0.15, 0.2) is 0 Å². The summed E-state index contributed by atoms with van der Waals surface area (Å²) >= 11 is 0. The average molecular weight is 153 g/mol. The molecule has 1 saturated heterocycles. The minimum atomic E-state index is 1.03. The van der Waals surface area contributed by atoms with Crippen molar-refractivity contribution in [2.45, 2.75) is 32.6 Å². The summed E-state index contributed by atoms with van der Waals surface area (Å²) in [7, 11) is 0. The van der Waals surface area contributed by atoms with Crippen LogP contribution in [0.2, 0.25) is 0 Å². The predicted octanol–water partition coefficient (Wildman–Crippen LogP) is 2.13. The molecular formula is C10H19N. The van der Waals surface area contributed by atoms with Gasteiger partial charge in [-0.3, -0.25) is 0 Å². The second kappa shape index (κ2) is 3.14. The molecule has 0 atom stereocenters. The Kier molecular flexibility index (Phi) is 2.17. The molecule has 1 saturated carbocycles. The fraction of sp³-hybridized carbons (Fsp3) is 1.00. The number of nitrogens with zero attached hydrogens (tertiary/aromatic N) is 1. The van der Waals surface area contributed by atoms with Crippen LogP contribution >= 0.6 is 0 Å². The first kappa shape index (κ1) is 7.60. The van der Waals surface area contributed by atoms with E-state index in [2.05, 4.69) is 11.8 Å². The first-order valence-electron chi connectivity index (χ1n) is 5.07. The van der Waals surface area contributed by atoms with Crippen LogP contribution in [0, 0.1) is 11.8 Å². The van der Waals surface area contributed by atoms with Gasteiger partial charge in [-0.15, -0.1) is 0 Å². The SMILES string of the molecule is CC1CC(CN2CCCC2)C1. The fourth-order valence-corrected chi connectivity index (χ4v) is 2.55. The lowest BCUT2D eigenvalue weighted by molar-refractivity contribution is 0.150. The van der Waals surface area contributed by atoms with Crippen LogP contribution in [0.3, 0.4) is 0 Å². The highest BCUT2D eigenvalue weighted by Crippen LogP contribution is 2.33. The summed E-state index contributed by atoms with van der Waals surface area (Å²) in [6.45, 7) is 6.54. The zero-order valence-corrected chi connectivity index (χ0v) is 7.55. The molecular weight excluding hydrogens is 134 g/mol. The molecule has 1 nitrogen and oxygen atoms in total. The monoisotopic (exact) mass is 153 g/mol. The van der Waals surface area contributed by atoms with Crippen LogP contribution in [-0.2, 0) is 0 Å². The summed E-state index contributed by atoms with van der Waals surface area (Å²) in [6, 6.07) is 0. The molecule has 0 aromatic rings. The van der Waals surface area contributed by atoms with Gasteiger partial charge < -0.3 is 4.90 Å². The van der Waals surface area contributed by atoms with Crippen molar-refractivity contribution < 1.29 is 0 Å². The predicted molar refractivity (Wildman–Crippen MR) is 47.6 cm³/mol. The molecule has 11 heavy (non-hydrogen) atoms. The highest BCUT2D eigenvalue weighted by Gasteiger charge is 2.27. The van der Waals surface area contributed by atoms with Crippen molar-refractivity contribution in [1.82, 2.24) is 4.90 Å². The average Bonchev–Trinajstić information content (AvgIpc) is 2.36. The molecule has 2 aliphatic rings. The van der Waals surface area contributed by atoms with Crippen molar-refractivity contribution in [3.05, 3.63) is 0 Å². The van der Waals surface area contributed by atoms with Gasteiger partial charge in [-0.1, -0.05) is 6.92 Å². The molecule has 0 radical (unpaired) electrons. The van der Waals surface area contributed by atoms with Crippen LogP contribution in [0.5, 0.6) is 0 Å². The molecule has 1 heterocycles. The molecule has 0 amide bonds. The lowest BCUT2D eigenvalue weighted by Gasteiger charge is -2.35. The van der Waals surface area contributed by atoms with Crippen molar-refractivity contribution in [3.63, 3.8) is 0 Å². The topological polar surface area (TPSA) is 3.24 Å². The maximum atomic E-state index is 2.65. The maximum absolute atomic E-state index is 2.65. The summed E-state index contributed by atoms with van der Waals surface area (Å²) in [6.07, 6.45) is 5.89. The largest absolute Gasteiger partial charge is 0.303 e. The number of hydrogen-bond acceptors (Lipinski definition) is 1. The van der Waals surface area contributed by atoms with Gasteiger partial charge in [0.05, 0.1) is 0 Å². The first-order chi connectivity index (χ1) is 5.34. The molecule has 2 fully saturated rings. The van der Waals surface area contributed by atoms with E-state index in [9.17, 15) is 0 Å². The third-order valence-electron chi connectivity index (χ3n) is 3.19.